The zero-order valence-electron chi connectivity index (χ0n) is 15.2. The van der Waals surface area contributed by atoms with Crippen LogP contribution in [0.2, 0.25) is 0 Å². The molecule has 1 aromatic carbocycles. The standard InChI is InChI=1S/C21H27N3O/c1-17(2)8-12-23-13-10-21(11-14-23)19-16-22-24(20(19)9-15-25-21)18-6-4-3-5-7-18/h3-8,16H,9-15H2,1-2H3. The minimum atomic E-state index is -0.137. The maximum atomic E-state index is 6.36. The zero-order chi connectivity index (χ0) is 17.3. The van der Waals surface area contributed by atoms with Gasteiger partial charge < -0.3 is 4.74 Å². The lowest BCUT2D eigenvalue weighted by atomic mass is 9.82. The SMILES string of the molecule is CC(C)=CCN1CCC2(CC1)OCCc1c2cnn1-c1ccccc1. The lowest BCUT2D eigenvalue weighted by Gasteiger charge is -2.43. The quantitative estimate of drug-likeness (QED) is 0.800. The van der Waals surface area contributed by atoms with Crippen LogP contribution in [0.15, 0.2) is 48.2 Å². The van der Waals surface area contributed by atoms with Gasteiger partial charge >= 0.3 is 0 Å². The summed E-state index contributed by atoms with van der Waals surface area (Å²) in [6.07, 6.45) is 7.41. The van der Waals surface area contributed by atoms with Gasteiger partial charge in [-0.3, -0.25) is 4.90 Å². The van der Waals surface area contributed by atoms with E-state index in [4.69, 9.17) is 9.84 Å². The molecule has 2 aliphatic heterocycles. The van der Waals surface area contributed by atoms with Gasteiger partial charge in [0.05, 0.1) is 29.8 Å². The zero-order valence-corrected chi connectivity index (χ0v) is 15.2. The van der Waals surface area contributed by atoms with Crippen LogP contribution in [-0.4, -0.2) is 40.9 Å². The average molecular weight is 337 g/mol. The van der Waals surface area contributed by atoms with Crippen LogP contribution in [0.4, 0.5) is 0 Å². The number of aromatic nitrogens is 2. The first-order chi connectivity index (χ1) is 12.2. The first kappa shape index (κ1) is 16.6. The molecule has 3 heterocycles. The molecule has 2 aromatic rings. The van der Waals surface area contributed by atoms with Gasteiger partial charge in [-0.25, -0.2) is 4.68 Å². The summed E-state index contributed by atoms with van der Waals surface area (Å²) in [5.74, 6) is 0. The molecule has 0 bridgehead atoms. The van der Waals surface area contributed by atoms with E-state index < -0.39 is 0 Å². The monoisotopic (exact) mass is 337 g/mol. The number of nitrogens with zero attached hydrogens (tertiary/aromatic N) is 3. The van der Waals surface area contributed by atoms with Crippen LogP contribution in [0, 0.1) is 0 Å². The summed E-state index contributed by atoms with van der Waals surface area (Å²) in [4.78, 5) is 2.53. The molecule has 1 aromatic heterocycles. The van der Waals surface area contributed by atoms with Crippen molar-refractivity contribution in [3.8, 4) is 5.69 Å². The van der Waals surface area contributed by atoms with E-state index in [-0.39, 0.29) is 5.60 Å². The Balaban J connectivity index is 1.57. The van der Waals surface area contributed by atoms with E-state index in [1.54, 1.807) is 0 Å². The summed E-state index contributed by atoms with van der Waals surface area (Å²) in [5, 5.41) is 4.71. The number of ether oxygens (including phenoxy) is 1. The molecule has 132 valence electrons. The Bertz CT molecular complexity index is 751. The van der Waals surface area contributed by atoms with E-state index in [0.29, 0.717) is 0 Å². The minimum absolute atomic E-state index is 0.137. The summed E-state index contributed by atoms with van der Waals surface area (Å²) < 4.78 is 8.47. The van der Waals surface area contributed by atoms with Gasteiger partial charge in [0.2, 0.25) is 0 Å². The number of benzene rings is 1. The normalized spacial score (nSPS) is 19.6. The van der Waals surface area contributed by atoms with Crippen LogP contribution in [0.3, 0.4) is 0 Å². The smallest absolute Gasteiger partial charge is 0.0989 e. The summed E-state index contributed by atoms with van der Waals surface area (Å²) in [7, 11) is 0. The van der Waals surface area contributed by atoms with Gasteiger partial charge in [-0.05, 0) is 38.8 Å². The third-order valence-corrected chi connectivity index (χ3v) is 5.50. The molecule has 1 saturated heterocycles. The van der Waals surface area contributed by atoms with Crippen LogP contribution in [0.5, 0.6) is 0 Å². The molecule has 4 heteroatoms. The Labute approximate surface area is 150 Å². The van der Waals surface area contributed by atoms with E-state index in [1.165, 1.54) is 16.8 Å². The highest BCUT2D eigenvalue weighted by Gasteiger charge is 2.42. The van der Waals surface area contributed by atoms with Crippen LogP contribution < -0.4 is 0 Å². The van der Waals surface area contributed by atoms with Crippen molar-refractivity contribution in [2.75, 3.05) is 26.2 Å². The number of piperidine rings is 1. The summed E-state index contributed by atoms with van der Waals surface area (Å²) >= 11 is 0. The molecule has 0 saturated carbocycles. The number of rotatable bonds is 3. The van der Waals surface area contributed by atoms with E-state index in [9.17, 15) is 0 Å². The fraction of sp³-hybridized carbons (Fsp3) is 0.476. The molecule has 0 amide bonds. The number of para-hydroxylation sites is 1. The number of allylic oxidation sites excluding steroid dienone is 1. The van der Waals surface area contributed by atoms with E-state index >= 15 is 0 Å². The molecular formula is C21H27N3O. The van der Waals surface area contributed by atoms with E-state index in [1.807, 2.05) is 12.3 Å². The molecule has 4 nitrogen and oxygen atoms in total. The van der Waals surface area contributed by atoms with E-state index in [2.05, 4.69) is 53.8 Å². The average Bonchev–Trinajstić information content (AvgIpc) is 3.08. The van der Waals surface area contributed by atoms with Crippen molar-refractivity contribution in [1.82, 2.24) is 14.7 Å². The maximum absolute atomic E-state index is 6.36. The predicted octanol–water partition coefficient (Wildman–Crippen LogP) is 3.70. The molecule has 25 heavy (non-hydrogen) atoms. The molecule has 0 unspecified atom stereocenters. The summed E-state index contributed by atoms with van der Waals surface area (Å²) in [5.41, 5.74) is 5.03. The third-order valence-electron chi connectivity index (χ3n) is 5.50. The maximum Gasteiger partial charge on any atom is 0.0989 e. The Morgan fingerprint density at radius 3 is 2.68 bits per heavy atom. The van der Waals surface area contributed by atoms with Gasteiger partial charge in [0, 0.05) is 31.6 Å². The molecule has 1 fully saturated rings. The first-order valence-electron chi connectivity index (χ1n) is 9.30. The molecule has 1 spiro atoms. The lowest BCUT2D eigenvalue weighted by Crippen LogP contribution is -2.46. The van der Waals surface area contributed by atoms with Gasteiger partial charge in [0.25, 0.3) is 0 Å². The molecule has 4 rings (SSSR count). The van der Waals surface area contributed by atoms with Gasteiger partial charge in [0.15, 0.2) is 0 Å². The highest BCUT2D eigenvalue weighted by atomic mass is 16.5. The van der Waals surface area contributed by atoms with Crippen molar-refractivity contribution in [2.24, 2.45) is 0 Å². The molecule has 0 radical (unpaired) electrons. The lowest BCUT2D eigenvalue weighted by molar-refractivity contribution is -0.0971. The number of hydrogen-bond donors (Lipinski definition) is 0. The third kappa shape index (κ3) is 3.16. The fourth-order valence-electron chi connectivity index (χ4n) is 4.03. The van der Waals surface area contributed by atoms with Crippen molar-refractivity contribution >= 4 is 0 Å². The van der Waals surface area contributed by atoms with Gasteiger partial charge in [-0.2, -0.15) is 5.10 Å². The Morgan fingerprint density at radius 2 is 1.96 bits per heavy atom. The minimum Gasteiger partial charge on any atom is -0.370 e. The molecule has 0 aliphatic carbocycles. The summed E-state index contributed by atoms with van der Waals surface area (Å²) in [6.45, 7) is 8.34. The summed E-state index contributed by atoms with van der Waals surface area (Å²) in [6, 6.07) is 10.4. The van der Waals surface area contributed by atoms with Crippen LogP contribution in [0.1, 0.15) is 37.9 Å². The predicted molar refractivity (Wildman–Crippen MR) is 100 cm³/mol. The van der Waals surface area contributed by atoms with Crippen molar-refractivity contribution in [2.45, 2.75) is 38.7 Å². The topological polar surface area (TPSA) is 30.3 Å². The van der Waals surface area contributed by atoms with E-state index in [0.717, 1.165) is 51.2 Å². The highest BCUT2D eigenvalue weighted by Crippen LogP contribution is 2.41. The second-order valence-electron chi connectivity index (χ2n) is 7.43. The van der Waals surface area contributed by atoms with Crippen molar-refractivity contribution in [3.05, 3.63) is 59.4 Å². The molecular weight excluding hydrogens is 310 g/mol. The van der Waals surface area contributed by atoms with Gasteiger partial charge in [0.1, 0.15) is 0 Å². The Morgan fingerprint density at radius 1 is 1.20 bits per heavy atom. The van der Waals surface area contributed by atoms with Gasteiger partial charge in [-0.1, -0.05) is 29.8 Å². The number of fused-ring (bicyclic) bond motifs is 2. The van der Waals surface area contributed by atoms with Crippen LogP contribution in [-0.2, 0) is 16.8 Å². The van der Waals surface area contributed by atoms with Crippen LogP contribution >= 0.6 is 0 Å². The number of hydrogen-bond acceptors (Lipinski definition) is 3. The second kappa shape index (κ2) is 6.77. The van der Waals surface area contributed by atoms with Gasteiger partial charge in [-0.15, -0.1) is 0 Å². The molecule has 2 aliphatic rings. The highest BCUT2D eigenvalue weighted by molar-refractivity contribution is 5.38. The molecule has 0 N–H and O–H groups in total. The second-order valence-corrected chi connectivity index (χ2v) is 7.43. The first-order valence-corrected chi connectivity index (χ1v) is 9.30. The van der Waals surface area contributed by atoms with Crippen molar-refractivity contribution < 1.29 is 4.74 Å². The number of likely N-dealkylation sites (tertiary alicyclic amines) is 1. The fourth-order valence-corrected chi connectivity index (χ4v) is 4.03. The van der Waals surface area contributed by atoms with Crippen molar-refractivity contribution in [3.63, 3.8) is 0 Å². The van der Waals surface area contributed by atoms with Crippen molar-refractivity contribution in [1.29, 1.82) is 0 Å². The van der Waals surface area contributed by atoms with Crippen LogP contribution in [0.25, 0.3) is 5.69 Å². The Hall–Kier alpha value is -1.91. The largest absolute Gasteiger partial charge is 0.370 e. The Kier molecular flexibility index (Phi) is 4.48. The molecule has 0 atom stereocenters.